The van der Waals surface area contributed by atoms with E-state index in [4.69, 9.17) is 0 Å². The smallest absolute Gasteiger partial charge is 0.191 e. The molecule has 0 aliphatic heterocycles. The lowest BCUT2D eigenvalue weighted by molar-refractivity contribution is 0.817. The highest BCUT2D eigenvalue weighted by Gasteiger charge is 2.03. The molecule has 0 aliphatic rings. The number of nitrogens with zero attached hydrogens (tertiary/aromatic N) is 2. The topological polar surface area (TPSA) is 49.3 Å². The number of hydrogen-bond donors (Lipinski definition) is 2. The van der Waals surface area contributed by atoms with Crippen molar-refractivity contribution in [2.24, 2.45) is 4.99 Å². The van der Waals surface area contributed by atoms with Gasteiger partial charge in [-0.2, -0.15) is 0 Å². The fourth-order valence-electron chi connectivity index (χ4n) is 1.83. The van der Waals surface area contributed by atoms with Gasteiger partial charge in [0.15, 0.2) is 5.96 Å². The van der Waals surface area contributed by atoms with Crippen LogP contribution >= 0.6 is 46.7 Å². The van der Waals surface area contributed by atoms with Crippen molar-refractivity contribution in [2.75, 3.05) is 6.54 Å². The molecule has 0 saturated carbocycles. The van der Waals surface area contributed by atoms with Gasteiger partial charge >= 0.3 is 0 Å². The van der Waals surface area contributed by atoms with E-state index in [-0.39, 0.29) is 24.0 Å². The van der Waals surface area contributed by atoms with Gasteiger partial charge in [0.05, 0.1) is 23.8 Å². The van der Waals surface area contributed by atoms with Gasteiger partial charge in [0.25, 0.3) is 0 Å². The maximum absolute atomic E-state index is 4.60. The summed E-state index contributed by atoms with van der Waals surface area (Å²) in [6.07, 6.45) is 0.990. The quantitative estimate of drug-likeness (QED) is 0.398. The summed E-state index contributed by atoms with van der Waals surface area (Å²) in [5.74, 6) is 0.844. The van der Waals surface area contributed by atoms with Gasteiger partial charge in [-0.3, -0.25) is 0 Å². The number of aliphatic imine (C=N–C) groups is 1. The van der Waals surface area contributed by atoms with E-state index in [0.29, 0.717) is 6.54 Å². The molecule has 2 rings (SSSR count). The third-order valence-corrected chi connectivity index (χ3v) is 5.09. The number of thiazole rings is 1. The van der Waals surface area contributed by atoms with Crippen LogP contribution in [-0.2, 0) is 19.5 Å². The first-order valence-electron chi connectivity index (χ1n) is 7.21. The van der Waals surface area contributed by atoms with E-state index in [1.807, 2.05) is 0 Å². The van der Waals surface area contributed by atoms with E-state index < -0.39 is 0 Å². The van der Waals surface area contributed by atoms with Crippen LogP contribution in [0.15, 0.2) is 21.8 Å². The zero-order valence-corrected chi connectivity index (χ0v) is 17.1. The van der Waals surface area contributed by atoms with E-state index in [9.17, 15) is 0 Å². The fourth-order valence-corrected chi connectivity index (χ4v) is 3.42. The summed E-state index contributed by atoms with van der Waals surface area (Å²) in [7, 11) is 0. The van der Waals surface area contributed by atoms with E-state index in [1.54, 1.807) is 22.7 Å². The molecule has 0 bridgehead atoms. The van der Waals surface area contributed by atoms with Gasteiger partial charge in [-0.15, -0.1) is 46.7 Å². The summed E-state index contributed by atoms with van der Waals surface area (Å²) in [6.45, 7) is 8.63. The first-order valence-corrected chi connectivity index (χ1v) is 8.97. The Kier molecular flexibility index (Phi) is 8.96. The minimum Gasteiger partial charge on any atom is -0.357 e. The zero-order chi connectivity index (χ0) is 15.1. The number of aryl methyl sites for hydroxylation is 2. The Labute approximate surface area is 157 Å². The second-order valence-corrected chi connectivity index (χ2v) is 6.60. The molecule has 122 valence electrons. The van der Waals surface area contributed by atoms with Gasteiger partial charge in [0.1, 0.15) is 0 Å². The predicted octanol–water partition coefficient (Wildman–Crippen LogP) is 3.95. The second-order valence-electron chi connectivity index (χ2n) is 4.66. The molecule has 2 N–H and O–H groups in total. The summed E-state index contributed by atoms with van der Waals surface area (Å²) in [6, 6.07) is 2.15. The van der Waals surface area contributed by atoms with Crippen LogP contribution in [0, 0.1) is 6.92 Å². The normalized spacial score (nSPS) is 11.1. The summed E-state index contributed by atoms with van der Waals surface area (Å²) in [5, 5.41) is 12.0. The van der Waals surface area contributed by atoms with Gasteiger partial charge in [-0.25, -0.2) is 9.98 Å². The number of hydrogen-bond acceptors (Lipinski definition) is 4. The number of rotatable bonds is 6. The monoisotopic (exact) mass is 450 g/mol. The summed E-state index contributed by atoms with van der Waals surface area (Å²) >= 11 is 3.48. The molecule has 0 atom stereocenters. The van der Waals surface area contributed by atoms with Crippen LogP contribution in [0.2, 0.25) is 0 Å². The lowest BCUT2D eigenvalue weighted by Gasteiger charge is -2.10. The fraction of sp³-hybridized carbons (Fsp3) is 0.467. The van der Waals surface area contributed by atoms with E-state index in [1.165, 1.54) is 15.4 Å². The molecule has 7 heteroatoms. The Morgan fingerprint density at radius 3 is 2.68 bits per heavy atom. The molecule has 0 saturated heterocycles. The molecular weight excluding hydrogens is 427 g/mol. The van der Waals surface area contributed by atoms with Crippen LogP contribution < -0.4 is 10.6 Å². The van der Waals surface area contributed by atoms with Crippen molar-refractivity contribution in [1.82, 2.24) is 15.6 Å². The van der Waals surface area contributed by atoms with Gasteiger partial charge in [0.2, 0.25) is 0 Å². The summed E-state index contributed by atoms with van der Waals surface area (Å²) in [4.78, 5) is 10.5. The molecule has 0 spiro atoms. The third kappa shape index (κ3) is 5.85. The van der Waals surface area contributed by atoms with Crippen LogP contribution in [0.3, 0.4) is 0 Å². The van der Waals surface area contributed by atoms with E-state index in [0.717, 1.165) is 31.2 Å². The first-order chi connectivity index (χ1) is 10.2. The standard InChI is InChI=1S/C15H22N4S2.HI/c1-4-14-19-12(10-21-14)8-17-15(16-5-2)18-9-13-11(3)6-7-20-13;/h6-7,10H,4-5,8-9H2,1-3H3,(H2,16,17,18);1H. The maximum Gasteiger partial charge on any atom is 0.191 e. The molecule has 0 unspecified atom stereocenters. The Morgan fingerprint density at radius 2 is 2.09 bits per heavy atom. The Bertz CT molecular complexity index is 592. The average Bonchev–Trinajstić information content (AvgIpc) is 3.11. The van der Waals surface area contributed by atoms with Crippen molar-refractivity contribution in [3.63, 3.8) is 0 Å². The number of aromatic nitrogens is 1. The van der Waals surface area contributed by atoms with Gasteiger partial charge in [0, 0.05) is 16.8 Å². The number of guanidine groups is 1. The lowest BCUT2D eigenvalue weighted by atomic mass is 10.3. The van der Waals surface area contributed by atoms with Crippen molar-refractivity contribution >= 4 is 52.6 Å². The second kappa shape index (κ2) is 10.2. The Morgan fingerprint density at radius 1 is 1.27 bits per heavy atom. The first kappa shape index (κ1) is 19.4. The molecule has 0 radical (unpaired) electrons. The zero-order valence-electron chi connectivity index (χ0n) is 13.2. The minimum absolute atomic E-state index is 0. The van der Waals surface area contributed by atoms with Crippen molar-refractivity contribution in [2.45, 2.75) is 40.3 Å². The van der Waals surface area contributed by atoms with Crippen LogP contribution in [0.25, 0.3) is 0 Å². The highest BCUT2D eigenvalue weighted by Crippen LogP contribution is 2.15. The van der Waals surface area contributed by atoms with Gasteiger partial charge < -0.3 is 10.6 Å². The molecule has 0 aliphatic carbocycles. The maximum atomic E-state index is 4.60. The SMILES string of the molecule is CCNC(=NCc1csc(CC)n1)NCc1sccc1C.I. The van der Waals surface area contributed by atoms with Crippen LogP contribution in [-0.4, -0.2) is 17.5 Å². The van der Waals surface area contributed by atoms with Crippen molar-refractivity contribution in [3.8, 4) is 0 Å². The molecular formula is C15H23IN4S2. The van der Waals surface area contributed by atoms with Gasteiger partial charge in [-0.05, 0) is 37.3 Å². The average molecular weight is 450 g/mol. The molecule has 0 amide bonds. The largest absolute Gasteiger partial charge is 0.357 e. The molecule has 2 aromatic rings. The number of thiophene rings is 1. The van der Waals surface area contributed by atoms with Crippen LogP contribution in [0.5, 0.6) is 0 Å². The van der Waals surface area contributed by atoms with E-state index in [2.05, 4.69) is 58.2 Å². The van der Waals surface area contributed by atoms with Crippen LogP contribution in [0.1, 0.15) is 35.0 Å². The number of nitrogens with one attached hydrogen (secondary N) is 2. The highest BCUT2D eigenvalue weighted by atomic mass is 127. The van der Waals surface area contributed by atoms with E-state index >= 15 is 0 Å². The third-order valence-electron chi connectivity index (χ3n) is 3.03. The molecule has 2 aromatic heterocycles. The minimum atomic E-state index is 0. The van der Waals surface area contributed by atoms with Crippen LogP contribution in [0.4, 0.5) is 0 Å². The predicted molar refractivity (Wildman–Crippen MR) is 108 cm³/mol. The Hall–Kier alpha value is -0.670. The molecule has 22 heavy (non-hydrogen) atoms. The molecule has 4 nitrogen and oxygen atoms in total. The van der Waals surface area contributed by atoms with Crippen molar-refractivity contribution in [3.05, 3.63) is 38.0 Å². The van der Waals surface area contributed by atoms with Gasteiger partial charge in [-0.1, -0.05) is 6.92 Å². The summed E-state index contributed by atoms with van der Waals surface area (Å²) < 4.78 is 0. The number of halogens is 1. The Balaban J connectivity index is 0.00000242. The summed E-state index contributed by atoms with van der Waals surface area (Å²) in [5.41, 5.74) is 2.37. The van der Waals surface area contributed by atoms with Crippen molar-refractivity contribution in [1.29, 1.82) is 0 Å². The molecule has 2 heterocycles. The van der Waals surface area contributed by atoms with Crippen molar-refractivity contribution < 1.29 is 0 Å². The molecule has 0 aromatic carbocycles. The highest BCUT2D eigenvalue weighted by molar-refractivity contribution is 14.0. The molecule has 0 fully saturated rings. The lowest BCUT2D eigenvalue weighted by Crippen LogP contribution is -2.36.